The van der Waals surface area contributed by atoms with E-state index < -0.39 is 4.92 Å². The number of benzene rings is 1. The number of nitrogens with two attached hydrogens (primary N) is 1. The molecule has 7 heteroatoms. The Balaban J connectivity index is 0.00000256. The molecule has 1 aromatic rings. The van der Waals surface area contributed by atoms with Crippen molar-refractivity contribution in [2.24, 2.45) is 5.73 Å². The number of non-ortho nitro benzene ring substituents is 1. The van der Waals surface area contributed by atoms with Gasteiger partial charge in [-0.3, -0.25) is 14.9 Å². The van der Waals surface area contributed by atoms with Crippen LogP contribution in [0.25, 0.3) is 0 Å². The second-order valence-electron chi connectivity index (χ2n) is 3.41. The van der Waals surface area contributed by atoms with Gasteiger partial charge in [-0.1, -0.05) is 0 Å². The van der Waals surface area contributed by atoms with E-state index in [1.807, 2.05) is 0 Å². The van der Waals surface area contributed by atoms with Crippen molar-refractivity contribution in [1.82, 2.24) is 5.32 Å². The fourth-order valence-corrected chi connectivity index (χ4v) is 1.10. The summed E-state index contributed by atoms with van der Waals surface area (Å²) in [5.74, 6) is -0.284. The van der Waals surface area contributed by atoms with E-state index in [9.17, 15) is 14.9 Å². The van der Waals surface area contributed by atoms with Gasteiger partial charge in [-0.15, -0.1) is 12.4 Å². The molecule has 0 heterocycles. The highest BCUT2D eigenvalue weighted by Crippen LogP contribution is 2.11. The first-order valence-corrected chi connectivity index (χ1v) is 4.80. The van der Waals surface area contributed by atoms with Crippen LogP contribution in [0.4, 0.5) is 5.69 Å². The molecule has 1 rings (SSSR count). The number of nitrogens with zero attached hydrogens (tertiary/aromatic N) is 1. The second kappa shape index (κ2) is 6.82. The zero-order valence-corrected chi connectivity index (χ0v) is 10.1. The summed E-state index contributed by atoms with van der Waals surface area (Å²) < 4.78 is 0. The topological polar surface area (TPSA) is 98.3 Å². The number of rotatable bonds is 4. The van der Waals surface area contributed by atoms with Gasteiger partial charge >= 0.3 is 0 Å². The molecule has 0 aliphatic carbocycles. The molecule has 0 aromatic heterocycles. The number of amides is 1. The molecule has 0 aliphatic heterocycles. The van der Waals surface area contributed by atoms with Crippen molar-refractivity contribution in [3.05, 3.63) is 39.9 Å². The Bertz CT molecular complexity index is 394. The van der Waals surface area contributed by atoms with E-state index >= 15 is 0 Å². The minimum absolute atomic E-state index is 0. The molecule has 0 saturated carbocycles. The molecule has 0 aliphatic rings. The molecule has 6 nitrogen and oxygen atoms in total. The standard InChI is InChI=1S/C10H13N3O3.ClH/c1-7(6-11)12-10(14)8-2-4-9(5-3-8)13(15)16;/h2-5,7H,6,11H2,1H3,(H,12,14);1H/t7-;/m0./s1. The van der Waals surface area contributed by atoms with Crippen LogP contribution >= 0.6 is 12.4 Å². The fraction of sp³-hybridized carbons (Fsp3) is 0.300. The summed E-state index contributed by atoms with van der Waals surface area (Å²) in [6, 6.07) is 5.29. The third kappa shape index (κ3) is 4.38. The number of nitrogens with one attached hydrogen (secondary N) is 1. The lowest BCUT2D eigenvalue weighted by Gasteiger charge is -2.10. The van der Waals surface area contributed by atoms with Crippen LogP contribution in [0.3, 0.4) is 0 Å². The number of halogens is 1. The van der Waals surface area contributed by atoms with Crippen molar-refractivity contribution in [2.45, 2.75) is 13.0 Å². The van der Waals surface area contributed by atoms with Crippen molar-refractivity contribution < 1.29 is 9.72 Å². The zero-order valence-electron chi connectivity index (χ0n) is 9.25. The smallest absolute Gasteiger partial charge is 0.269 e. The average molecular weight is 260 g/mol. The summed E-state index contributed by atoms with van der Waals surface area (Å²) in [6.07, 6.45) is 0. The van der Waals surface area contributed by atoms with Crippen LogP contribution in [-0.2, 0) is 0 Å². The number of nitro benzene ring substituents is 1. The molecule has 0 spiro atoms. The Morgan fingerprint density at radius 3 is 2.41 bits per heavy atom. The van der Waals surface area contributed by atoms with E-state index in [4.69, 9.17) is 5.73 Å². The van der Waals surface area contributed by atoms with Gasteiger partial charge in [0.2, 0.25) is 0 Å². The van der Waals surface area contributed by atoms with Crippen molar-refractivity contribution in [1.29, 1.82) is 0 Å². The van der Waals surface area contributed by atoms with Gasteiger partial charge in [0, 0.05) is 30.3 Å². The third-order valence-corrected chi connectivity index (χ3v) is 2.07. The summed E-state index contributed by atoms with van der Waals surface area (Å²) in [6.45, 7) is 2.13. The monoisotopic (exact) mass is 259 g/mol. The molecule has 1 amide bonds. The van der Waals surface area contributed by atoms with Gasteiger partial charge < -0.3 is 11.1 Å². The average Bonchev–Trinajstić information content (AvgIpc) is 2.28. The van der Waals surface area contributed by atoms with Gasteiger partial charge in [0.05, 0.1) is 4.92 Å². The molecule has 0 radical (unpaired) electrons. The number of carbonyl (C=O) groups excluding carboxylic acids is 1. The Hall–Kier alpha value is -1.66. The minimum atomic E-state index is -0.510. The van der Waals surface area contributed by atoms with Crippen molar-refractivity contribution in [2.75, 3.05) is 6.54 Å². The SMILES string of the molecule is C[C@@H](CN)NC(=O)c1ccc([N+](=O)[O-])cc1.Cl. The van der Waals surface area contributed by atoms with Crippen LogP contribution in [-0.4, -0.2) is 23.4 Å². The number of carbonyl (C=O) groups is 1. The third-order valence-electron chi connectivity index (χ3n) is 2.07. The molecule has 0 saturated heterocycles. The van der Waals surface area contributed by atoms with Crippen molar-refractivity contribution >= 4 is 24.0 Å². The zero-order chi connectivity index (χ0) is 12.1. The van der Waals surface area contributed by atoms with Crippen LogP contribution in [0, 0.1) is 10.1 Å². The van der Waals surface area contributed by atoms with Gasteiger partial charge in [0.25, 0.3) is 11.6 Å². The Labute approximate surface area is 105 Å². The highest BCUT2D eigenvalue weighted by molar-refractivity contribution is 5.94. The van der Waals surface area contributed by atoms with Crippen LogP contribution in [0.5, 0.6) is 0 Å². The highest BCUT2D eigenvalue weighted by atomic mass is 35.5. The summed E-state index contributed by atoms with van der Waals surface area (Å²) in [7, 11) is 0. The van der Waals surface area contributed by atoms with Crippen molar-refractivity contribution in [3.8, 4) is 0 Å². The second-order valence-corrected chi connectivity index (χ2v) is 3.41. The van der Waals surface area contributed by atoms with Gasteiger partial charge in [-0.2, -0.15) is 0 Å². The first kappa shape index (κ1) is 15.3. The van der Waals surface area contributed by atoms with E-state index in [0.717, 1.165) is 0 Å². The summed E-state index contributed by atoms with van der Waals surface area (Å²) in [5, 5.41) is 13.1. The molecule has 1 aromatic carbocycles. The van der Waals surface area contributed by atoms with Crippen LogP contribution in [0.1, 0.15) is 17.3 Å². The maximum absolute atomic E-state index is 11.6. The minimum Gasteiger partial charge on any atom is -0.348 e. The maximum atomic E-state index is 11.6. The molecule has 94 valence electrons. The van der Waals surface area contributed by atoms with E-state index in [2.05, 4.69) is 5.32 Å². The lowest BCUT2D eigenvalue weighted by molar-refractivity contribution is -0.384. The quantitative estimate of drug-likeness (QED) is 0.625. The van der Waals surface area contributed by atoms with E-state index in [1.54, 1.807) is 6.92 Å². The Morgan fingerprint density at radius 1 is 1.47 bits per heavy atom. The Morgan fingerprint density at radius 2 is 2.00 bits per heavy atom. The normalized spacial score (nSPS) is 11.2. The molecule has 17 heavy (non-hydrogen) atoms. The first-order chi connectivity index (χ1) is 7.54. The predicted molar refractivity (Wildman–Crippen MR) is 66.3 cm³/mol. The Kier molecular flexibility index (Phi) is 6.16. The number of hydrogen-bond donors (Lipinski definition) is 2. The lowest BCUT2D eigenvalue weighted by atomic mass is 10.2. The number of hydrogen-bond acceptors (Lipinski definition) is 4. The number of nitro groups is 1. The van der Waals surface area contributed by atoms with Gasteiger partial charge in [0.1, 0.15) is 0 Å². The maximum Gasteiger partial charge on any atom is 0.269 e. The molecule has 0 fully saturated rings. The van der Waals surface area contributed by atoms with E-state index in [0.29, 0.717) is 12.1 Å². The van der Waals surface area contributed by atoms with Gasteiger partial charge in [0.15, 0.2) is 0 Å². The fourth-order valence-electron chi connectivity index (χ4n) is 1.10. The molecule has 0 bridgehead atoms. The highest BCUT2D eigenvalue weighted by Gasteiger charge is 2.10. The van der Waals surface area contributed by atoms with E-state index in [1.165, 1.54) is 24.3 Å². The lowest BCUT2D eigenvalue weighted by Crippen LogP contribution is -2.37. The summed E-state index contributed by atoms with van der Waals surface area (Å²) in [5.41, 5.74) is 5.70. The van der Waals surface area contributed by atoms with Crippen LogP contribution < -0.4 is 11.1 Å². The molecular formula is C10H14ClN3O3. The van der Waals surface area contributed by atoms with Crippen LogP contribution in [0.15, 0.2) is 24.3 Å². The predicted octanol–water partition coefficient (Wildman–Crippen LogP) is 1.09. The van der Waals surface area contributed by atoms with E-state index in [-0.39, 0.29) is 30.0 Å². The molecule has 3 N–H and O–H groups in total. The largest absolute Gasteiger partial charge is 0.348 e. The van der Waals surface area contributed by atoms with Crippen molar-refractivity contribution in [3.63, 3.8) is 0 Å². The summed E-state index contributed by atoms with van der Waals surface area (Å²) >= 11 is 0. The molecule has 1 atom stereocenters. The molecule has 0 unspecified atom stereocenters. The molecular weight excluding hydrogens is 246 g/mol. The summed E-state index contributed by atoms with van der Waals surface area (Å²) in [4.78, 5) is 21.4. The van der Waals surface area contributed by atoms with Crippen LogP contribution in [0.2, 0.25) is 0 Å². The first-order valence-electron chi connectivity index (χ1n) is 4.80. The van der Waals surface area contributed by atoms with Gasteiger partial charge in [-0.05, 0) is 19.1 Å². The van der Waals surface area contributed by atoms with Gasteiger partial charge in [-0.25, -0.2) is 0 Å².